The lowest BCUT2D eigenvalue weighted by molar-refractivity contribution is 0.928. The minimum absolute atomic E-state index is 0.677. The zero-order valence-electron chi connectivity index (χ0n) is 6.87. The van der Waals surface area contributed by atoms with E-state index in [4.69, 9.17) is 5.73 Å². The minimum atomic E-state index is 0.677. The first kappa shape index (κ1) is 8.49. The molecule has 0 saturated heterocycles. The molecule has 3 nitrogen and oxygen atoms in total. The molecular weight excluding hydrogens is 158 g/mol. The van der Waals surface area contributed by atoms with Crippen LogP contribution in [-0.4, -0.2) is 25.6 Å². The first-order chi connectivity index (χ1) is 5.24. The van der Waals surface area contributed by atoms with E-state index in [1.807, 2.05) is 19.0 Å². The van der Waals surface area contributed by atoms with Gasteiger partial charge < -0.3 is 10.6 Å². The van der Waals surface area contributed by atoms with Crippen molar-refractivity contribution < 1.29 is 0 Å². The molecule has 1 aromatic rings. The maximum atomic E-state index is 5.40. The van der Waals surface area contributed by atoms with E-state index in [1.165, 1.54) is 0 Å². The molecule has 0 unspecified atom stereocenters. The van der Waals surface area contributed by atoms with Gasteiger partial charge in [-0.3, -0.25) is 0 Å². The van der Waals surface area contributed by atoms with E-state index in [1.54, 1.807) is 11.3 Å². The molecule has 62 valence electrons. The van der Waals surface area contributed by atoms with Gasteiger partial charge in [-0.05, 0) is 6.54 Å². The Bertz CT molecular complexity index is 219. The molecule has 2 N–H and O–H groups in total. The highest BCUT2D eigenvalue weighted by Gasteiger charge is 2.01. The summed E-state index contributed by atoms with van der Waals surface area (Å²) in [5, 5.41) is 3.11. The Hall–Kier alpha value is -0.610. The van der Waals surface area contributed by atoms with Crippen LogP contribution in [0.4, 0.5) is 5.13 Å². The van der Waals surface area contributed by atoms with Crippen LogP contribution in [0.25, 0.3) is 0 Å². The summed E-state index contributed by atoms with van der Waals surface area (Å²) in [4.78, 5) is 6.37. The van der Waals surface area contributed by atoms with Crippen molar-refractivity contribution in [2.75, 3.05) is 25.5 Å². The summed E-state index contributed by atoms with van der Waals surface area (Å²) < 4.78 is 0. The lowest BCUT2D eigenvalue weighted by Gasteiger charge is -2.05. The van der Waals surface area contributed by atoms with Crippen LogP contribution >= 0.6 is 11.3 Å². The number of hydrogen-bond acceptors (Lipinski definition) is 4. The summed E-state index contributed by atoms with van der Waals surface area (Å²) >= 11 is 1.66. The zero-order chi connectivity index (χ0) is 8.27. The third-order valence-corrected chi connectivity index (χ3v) is 2.38. The van der Waals surface area contributed by atoms with E-state index < -0.39 is 0 Å². The van der Waals surface area contributed by atoms with Crippen LogP contribution in [0.15, 0.2) is 5.38 Å². The molecule has 0 fully saturated rings. The summed E-state index contributed by atoms with van der Waals surface area (Å²) in [6.45, 7) is 0.677. The lowest BCUT2D eigenvalue weighted by Crippen LogP contribution is -2.08. The molecule has 0 aromatic carbocycles. The highest BCUT2D eigenvalue weighted by molar-refractivity contribution is 7.13. The predicted octanol–water partition coefficient (Wildman–Crippen LogP) is 0.710. The van der Waals surface area contributed by atoms with Gasteiger partial charge in [-0.2, -0.15) is 0 Å². The number of rotatable bonds is 3. The van der Waals surface area contributed by atoms with Gasteiger partial charge in [0, 0.05) is 25.9 Å². The number of aromatic nitrogens is 1. The van der Waals surface area contributed by atoms with Crippen LogP contribution < -0.4 is 10.6 Å². The average Bonchev–Trinajstić information content (AvgIpc) is 2.37. The van der Waals surface area contributed by atoms with Gasteiger partial charge in [0.2, 0.25) is 0 Å². The van der Waals surface area contributed by atoms with E-state index in [2.05, 4.69) is 10.4 Å². The van der Waals surface area contributed by atoms with Crippen molar-refractivity contribution in [3.63, 3.8) is 0 Å². The molecule has 0 bridgehead atoms. The first-order valence-electron chi connectivity index (χ1n) is 3.56. The van der Waals surface area contributed by atoms with Gasteiger partial charge in [0.25, 0.3) is 0 Å². The highest BCUT2D eigenvalue weighted by atomic mass is 32.1. The van der Waals surface area contributed by atoms with Gasteiger partial charge in [0.1, 0.15) is 0 Å². The van der Waals surface area contributed by atoms with Gasteiger partial charge in [-0.15, -0.1) is 11.3 Å². The average molecular weight is 171 g/mol. The van der Waals surface area contributed by atoms with Crippen molar-refractivity contribution >= 4 is 16.5 Å². The quantitative estimate of drug-likeness (QED) is 0.728. The minimum Gasteiger partial charge on any atom is -0.354 e. The number of nitrogens with two attached hydrogens (primary N) is 1. The van der Waals surface area contributed by atoms with Crippen LogP contribution in [0.1, 0.15) is 5.69 Å². The fourth-order valence-corrected chi connectivity index (χ4v) is 1.56. The molecule has 0 radical (unpaired) electrons. The third kappa shape index (κ3) is 2.17. The molecule has 0 spiro atoms. The molecule has 1 rings (SSSR count). The summed E-state index contributed by atoms with van der Waals surface area (Å²) in [5.74, 6) is 0. The lowest BCUT2D eigenvalue weighted by atomic mass is 10.3. The maximum Gasteiger partial charge on any atom is 0.184 e. The number of nitrogens with zero attached hydrogens (tertiary/aromatic N) is 2. The second-order valence-electron chi connectivity index (χ2n) is 2.55. The van der Waals surface area contributed by atoms with E-state index >= 15 is 0 Å². The third-order valence-electron chi connectivity index (χ3n) is 1.32. The van der Waals surface area contributed by atoms with Crippen LogP contribution in [-0.2, 0) is 6.42 Å². The molecule has 4 heteroatoms. The van der Waals surface area contributed by atoms with E-state index in [9.17, 15) is 0 Å². The van der Waals surface area contributed by atoms with Crippen LogP contribution in [0, 0.1) is 0 Å². The highest BCUT2D eigenvalue weighted by Crippen LogP contribution is 2.17. The normalized spacial score (nSPS) is 10.1. The molecule has 0 aliphatic carbocycles. The monoisotopic (exact) mass is 171 g/mol. The molecule has 11 heavy (non-hydrogen) atoms. The maximum absolute atomic E-state index is 5.40. The second-order valence-corrected chi connectivity index (χ2v) is 3.39. The van der Waals surface area contributed by atoms with E-state index in [0.29, 0.717) is 6.54 Å². The Morgan fingerprint density at radius 3 is 2.82 bits per heavy atom. The SMILES string of the molecule is CN(C)c1nc(CCN)cs1. The van der Waals surface area contributed by atoms with Crippen molar-refractivity contribution in [2.45, 2.75) is 6.42 Å². The molecule has 0 atom stereocenters. The van der Waals surface area contributed by atoms with Crippen molar-refractivity contribution in [3.8, 4) is 0 Å². The van der Waals surface area contributed by atoms with Crippen molar-refractivity contribution in [1.29, 1.82) is 0 Å². The Kier molecular flexibility index (Phi) is 2.84. The molecule has 1 aromatic heterocycles. The Balaban J connectivity index is 2.66. The molecular formula is C7H13N3S. The Morgan fingerprint density at radius 1 is 1.64 bits per heavy atom. The standard InChI is InChI=1S/C7H13N3S/c1-10(2)7-9-6(3-4-8)5-11-7/h5H,3-4,8H2,1-2H3. The predicted molar refractivity (Wildman–Crippen MR) is 49.2 cm³/mol. The Labute approximate surface area is 70.9 Å². The summed E-state index contributed by atoms with van der Waals surface area (Å²) in [7, 11) is 3.98. The van der Waals surface area contributed by atoms with Crippen LogP contribution in [0.5, 0.6) is 0 Å². The molecule has 0 aliphatic heterocycles. The second kappa shape index (κ2) is 3.69. The van der Waals surface area contributed by atoms with Gasteiger partial charge >= 0.3 is 0 Å². The number of anilines is 1. The largest absolute Gasteiger partial charge is 0.354 e. The van der Waals surface area contributed by atoms with Gasteiger partial charge in [-0.1, -0.05) is 0 Å². The van der Waals surface area contributed by atoms with Gasteiger partial charge in [0.05, 0.1) is 5.69 Å². The molecule has 0 aliphatic rings. The summed E-state index contributed by atoms with van der Waals surface area (Å²) in [6.07, 6.45) is 0.879. The van der Waals surface area contributed by atoms with Crippen molar-refractivity contribution in [3.05, 3.63) is 11.1 Å². The number of thiazole rings is 1. The number of hydrogen-bond donors (Lipinski definition) is 1. The smallest absolute Gasteiger partial charge is 0.184 e. The van der Waals surface area contributed by atoms with Crippen molar-refractivity contribution in [1.82, 2.24) is 4.98 Å². The van der Waals surface area contributed by atoms with Crippen LogP contribution in [0.3, 0.4) is 0 Å². The topological polar surface area (TPSA) is 42.2 Å². The Morgan fingerprint density at radius 2 is 2.36 bits per heavy atom. The summed E-state index contributed by atoms with van der Waals surface area (Å²) in [5.41, 5.74) is 6.50. The van der Waals surface area contributed by atoms with Crippen molar-refractivity contribution in [2.24, 2.45) is 5.73 Å². The summed E-state index contributed by atoms with van der Waals surface area (Å²) in [6, 6.07) is 0. The van der Waals surface area contributed by atoms with Crippen LogP contribution in [0.2, 0.25) is 0 Å². The zero-order valence-corrected chi connectivity index (χ0v) is 7.69. The van der Waals surface area contributed by atoms with Gasteiger partial charge in [0.15, 0.2) is 5.13 Å². The van der Waals surface area contributed by atoms with E-state index in [-0.39, 0.29) is 0 Å². The van der Waals surface area contributed by atoms with Gasteiger partial charge in [-0.25, -0.2) is 4.98 Å². The molecule has 0 saturated carbocycles. The molecule has 1 heterocycles. The molecule has 0 amide bonds. The fraction of sp³-hybridized carbons (Fsp3) is 0.571. The van der Waals surface area contributed by atoms with E-state index in [0.717, 1.165) is 17.2 Å². The fourth-order valence-electron chi connectivity index (χ4n) is 0.764. The first-order valence-corrected chi connectivity index (χ1v) is 4.44.